The molecule has 0 saturated heterocycles. The van der Waals surface area contributed by atoms with Gasteiger partial charge in [-0.15, -0.1) is 0 Å². The van der Waals surface area contributed by atoms with Crippen LogP contribution in [0.3, 0.4) is 0 Å². The van der Waals surface area contributed by atoms with Crippen LogP contribution in [0, 0.1) is 0 Å². The molecule has 0 bridgehead atoms. The third-order valence-corrected chi connectivity index (χ3v) is 2.27. The molecular weight excluding hydrogens is 236 g/mol. The maximum absolute atomic E-state index is 11.5. The van der Waals surface area contributed by atoms with E-state index in [0.29, 0.717) is 6.54 Å². The molecule has 0 spiro atoms. The van der Waals surface area contributed by atoms with Crippen LogP contribution in [-0.2, 0) is 11.3 Å². The van der Waals surface area contributed by atoms with Crippen LogP contribution in [0.1, 0.15) is 16.9 Å². The molecule has 1 aromatic heterocycles. The second-order valence-electron chi connectivity index (χ2n) is 4.21. The van der Waals surface area contributed by atoms with E-state index in [4.69, 9.17) is 5.11 Å². The second-order valence-corrected chi connectivity index (χ2v) is 4.21. The molecule has 100 valence electrons. The van der Waals surface area contributed by atoms with Gasteiger partial charge in [0, 0.05) is 12.7 Å². The van der Waals surface area contributed by atoms with E-state index in [0.717, 1.165) is 13.0 Å². The molecule has 0 fully saturated rings. The molecule has 0 atom stereocenters. The summed E-state index contributed by atoms with van der Waals surface area (Å²) in [5, 5.41) is 15.2. The van der Waals surface area contributed by atoms with Crippen LogP contribution in [-0.4, -0.2) is 58.8 Å². The number of aromatic carboxylic acids is 1. The number of carbonyl (C=O) groups is 2. The average molecular weight is 254 g/mol. The number of amides is 1. The minimum atomic E-state index is -1.10. The highest BCUT2D eigenvalue weighted by atomic mass is 16.4. The predicted octanol–water partition coefficient (Wildman–Crippen LogP) is -0.351. The fourth-order valence-corrected chi connectivity index (χ4v) is 1.39. The normalized spacial score (nSPS) is 10.6. The number of nitrogens with one attached hydrogen (secondary N) is 1. The van der Waals surface area contributed by atoms with E-state index in [1.165, 1.54) is 16.9 Å². The first-order valence-electron chi connectivity index (χ1n) is 5.67. The van der Waals surface area contributed by atoms with E-state index in [9.17, 15) is 9.59 Å². The Labute approximate surface area is 105 Å². The van der Waals surface area contributed by atoms with Crippen molar-refractivity contribution in [1.82, 2.24) is 20.0 Å². The van der Waals surface area contributed by atoms with Crippen molar-refractivity contribution < 1.29 is 14.7 Å². The van der Waals surface area contributed by atoms with Gasteiger partial charge in [-0.3, -0.25) is 9.48 Å². The number of nitrogens with zero attached hydrogens (tertiary/aromatic N) is 3. The summed E-state index contributed by atoms with van der Waals surface area (Å²) in [7, 11) is 3.94. The number of rotatable bonds is 7. The highest BCUT2D eigenvalue weighted by Gasteiger charge is 2.08. The lowest BCUT2D eigenvalue weighted by molar-refractivity contribution is -0.121. The minimum absolute atomic E-state index is 0.0369. The average Bonchev–Trinajstić information content (AvgIpc) is 2.72. The van der Waals surface area contributed by atoms with Crippen LogP contribution in [0.2, 0.25) is 0 Å². The summed E-state index contributed by atoms with van der Waals surface area (Å²) in [5.41, 5.74) is -0.0598. The molecule has 0 radical (unpaired) electrons. The molecule has 2 N–H and O–H groups in total. The van der Waals surface area contributed by atoms with Crippen molar-refractivity contribution in [3.63, 3.8) is 0 Å². The fourth-order valence-electron chi connectivity index (χ4n) is 1.39. The SMILES string of the molecule is CN(C)CCCNC(=O)Cn1ccc(C(=O)O)n1. The summed E-state index contributed by atoms with van der Waals surface area (Å²) in [6.45, 7) is 1.55. The maximum Gasteiger partial charge on any atom is 0.356 e. The van der Waals surface area contributed by atoms with Gasteiger partial charge in [0.15, 0.2) is 5.69 Å². The molecule has 0 saturated carbocycles. The second kappa shape index (κ2) is 6.75. The van der Waals surface area contributed by atoms with Crippen molar-refractivity contribution in [2.75, 3.05) is 27.2 Å². The topological polar surface area (TPSA) is 87.5 Å². The number of carboxylic acids is 1. The first-order chi connectivity index (χ1) is 8.49. The molecule has 0 aliphatic heterocycles. The van der Waals surface area contributed by atoms with Gasteiger partial charge in [0.1, 0.15) is 6.54 Å². The Balaban J connectivity index is 2.29. The van der Waals surface area contributed by atoms with Crippen LogP contribution in [0.4, 0.5) is 0 Å². The van der Waals surface area contributed by atoms with Crippen LogP contribution >= 0.6 is 0 Å². The number of hydrogen-bond donors (Lipinski definition) is 2. The van der Waals surface area contributed by atoms with Crippen molar-refractivity contribution in [3.05, 3.63) is 18.0 Å². The van der Waals surface area contributed by atoms with Crippen LogP contribution < -0.4 is 5.32 Å². The first-order valence-corrected chi connectivity index (χ1v) is 5.67. The van der Waals surface area contributed by atoms with Crippen molar-refractivity contribution in [2.24, 2.45) is 0 Å². The quantitative estimate of drug-likeness (QED) is 0.649. The predicted molar refractivity (Wildman–Crippen MR) is 65.4 cm³/mol. The summed E-state index contributed by atoms with van der Waals surface area (Å²) in [5.74, 6) is -1.27. The molecule has 1 rings (SSSR count). The fraction of sp³-hybridized carbons (Fsp3) is 0.545. The Morgan fingerprint density at radius 1 is 1.50 bits per heavy atom. The Hall–Kier alpha value is -1.89. The lowest BCUT2D eigenvalue weighted by Gasteiger charge is -2.09. The first kappa shape index (κ1) is 14.2. The van der Waals surface area contributed by atoms with Gasteiger partial charge in [0.25, 0.3) is 0 Å². The van der Waals surface area contributed by atoms with Crippen LogP contribution in [0.25, 0.3) is 0 Å². The molecule has 0 aliphatic carbocycles. The zero-order chi connectivity index (χ0) is 13.5. The molecule has 1 aromatic rings. The van der Waals surface area contributed by atoms with Gasteiger partial charge in [-0.25, -0.2) is 4.79 Å². The van der Waals surface area contributed by atoms with Crippen molar-refractivity contribution in [3.8, 4) is 0 Å². The number of hydrogen-bond acceptors (Lipinski definition) is 4. The molecule has 18 heavy (non-hydrogen) atoms. The van der Waals surface area contributed by atoms with Crippen molar-refractivity contribution in [1.29, 1.82) is 0 Å². The third-order valence-electron chi connectivity index (χ3n) is 2.27. The number of carboxylic acid groups (broad SMARTS) is 1. The monoisotopic (exact) mass is 254 g/mol. The molecule has 0 aliphatic rings. The van der Waals surface area contributed by atoms with Crippen LogP contribution in [0.5, 0.6) is 0 Å². The zero-order valence-corrected chi connectivity index (χ0v) is 10.6. The molecule has 1 amide bonds. The van der Waals surface area contributed by atoms with Gasteiger partial charge in [-0.2, -0.15) is 5.10 Å². The van der Waals surface area contributed by atoms with Gasteiger partial charge >= 0.3 is 5.97 Å². The Morgan fingerprint density at radius 3 is 2.78 bits per heavy atom. The molecule has 7 heteroatoms. The summed E-state index contributed by atoms with van der Waals surface area (Å²) in [4.78, 5) is 24.1. The molecule has 0 unspecified atom stereocenters. The van der Waals surface area contributed by atoms with Gasteiger partial charge < -0.3 is 15.3 Å². The van der Waals surface area contributed by atoms with Crippen molar-refractivity contribution in [2.45, 2.75) is 13.0 Å². The number of carbonyl (C=O) groups excluding carboxylic acids is 1. The summed E-state index contributed by atoms with van der Waals surface area (Å²) < 4.78 is 1.31. The largest absolute Gasteiger partial charge is 0.476 e. The highest BCUT2D eigenvalue weighted by Crippen LogP contribution is 1.95. The van der Waals surface area contributed by atoms with Gasteiger partial charge in [-0.05, 0) is 33.1 Å². The minimum Gasteiger partial charge on any atom is -0.476 e. The van der Waals surface area contributed by atoms with Crippen molar-refractivity contribution >= 4 is 11.9 Å². The summed E-state index contributed by atoms with van der Waals surface area (Å²) in [6, 6.07) is 1.36. The molecular formula is C11H18N4O3. The van der Waals surface area contributed by atoms with E-state index in [-0.39, 0.29) is 18.1 Å². The van der Waals surface area contributed by atoms with E-state index in [2.05, 4.69) is 10.4 Å². The highest BCUT2D eigenvalue weighted by molar-refractivity contribution is 5.85. The van der Waals surface area contributed by atoms with E-state index >= 15 is 0 Å². The summed E-state index contributed by atoms with van der Waals surface area (Å²) >= 11 is 0. The Kier molecular flexibility index (Phi) is 5.31. The third kappa shape index (κ3) is 4.96. The van der Waals surface area contributed by atoms with Gasteiger partial charge in [0.2, 0.25) is 5.91 Å². The van der Waals surface area contributed by atoms with Gasteiger partial charge in [0.05, 0.1) is 0 Å². The van der Waals surface area contributed by atoms with Crippen LogP contribution in [0.15, 0.2) is 12.3 Å². The summed E-state index contributed by atoms with van der Waals surface area (Å²) in [6.07, 6.45) is 2.35. The maximum atomic E-state index is 11.5. The smallest absolute Gasteiger partial charge is 0.356 e. The Bertz CT molecular complexity index is 414. The lowest BCUT2D eigenvalue weighted by Crippen LogP contribution is -2.30. The number of aromatic nitrogens is 2. The lowest BCUT2D eigenvalue weighted by atomic mass is 10.4. The standard InChI is InChI=1S/C11H18N4O3/c1-14(2)6-3-5-12-10(16)8-15-7-4-9(13-15)11(17)18/h4,7H,3,5-6,8H2,1-2H3,(H,12,16)(H,17,18). The molecule has 1 heterocycles. The van der Waals surface area contributed by atoms with Gasteiger partial charge in [-0.1, -0.05) is 0 Å². The molecule has 7 nitrogen and oxygen atoms in total. The Morgan fingerprint density at radius 2 is 2.22 bits per heavy atom. The van der Waals surface area contributed by atoms with E-state index < -0.39 is 5.97 Å². The van der Waals surface area contributed by atoms with E-state index in [1.54, 1.807) is 0 Å². The van der Waals surface area contributed by atoms with E-state index in [1.807, 2.05) is 19.0 Å². The molecule has 0 aromatic carbocycles. The zero-order valence-electron chi connectivity index (χ0n) is 10.6.